The molecule has 0 aliphatic carbocycles. The second-order valence-corrected chi connectivity index (χ2v) is 3.99. The van der Waals surface area contributed by atoms with Crippen LogP contribution in [0.2, 0.25) is 0 Å². The van der Waals surface area contributed by atoms with Crippen molar-refractivity contribution in [3.63, 3.8) is 0 Å². The average molecular weight is 212 g/mol. The quantitative estimate of drug-likeness (QED) is 0.746. The minimum Gasteiger partial charge on any atom is -0.331 e. The van der Waals surface area contributed by atoms with Crippen molar-refractivity contribution in [2.24, 2.45) is 7.05 Å². The summed E-state index contributed by atoms with van der Waals surface area (Å²) in [5.41, 5.74) is 4.57. The number of aryl methyl sites for hydroxylation is 1. The molecule has 0 atom stereocenters. The van der Waals surface area contributed by atoms with Gasteiger partial charge in [-0.05, 0) is 19.4 Å². The van der Waals surface area contributed by atoms with Crippen molar-refractivity contribution in [3.8, 4) is 11.4 Å². The van der Waals surface area contributed by atoms with Gasteiger partial charge in [-0.1, -0.05) is 36.9 Å². The highest BCUT2D eigenvalue weighted by Crippen LogP contribution is 2.21. The monoisotopic (exact) mass is 212 g/mol. The lowest BCUT2D eigenvalue weighted by Crippen LogP contribution is -1.94. The molecular formula is C14H16N2. The molecule has 0 aliphatic heterocycles. The number of benzene rings is 1. The standard InChI is InChI=1S/C14H16N2/c1-5-12-6-8-13(9-7-12)14-15-10(2)11(3)16(14)4/h5-9H,1H2,2-4H3. The number of imidazole rings is 1. The maximum absolute atomic E-state index is 4.57. The summed E-state index contributed by atoms with van der Waals surface area (Å²) in [6, 6.07) is 8.28. The molecule has 82 valence electrons. The van der Waals surface area contributed by atoms with Crippen molar-refractivity contribution < 1.29 is 0 Å². The van der Waals surface area contributed by atoms with Gasteiger partial charge in [0.05, 0.1) is 5.69 Å². The highest BCUT2D eigenvalue weighted by Gasteiger charge is 2.08. The number of hydrogen-bond acceptors (Lipinski definition) is 1. The summed E-state index contributed by atoms with van der Waals surface area (Å²) in [6.07, 6.45) is 1.85. The van der Waals surface area contributed by atoms with Crippen molar-refractivity contribution in [3.05, 3.63) is 47.8 Å². The molecule has 2 nitrogen and oxygen atoms in total. The van der Waals surface area contributed by atoms with Crippen LogP contribution in [-0.2, 0) is 7.05 Å². The molecule has 0 saturated heterocycles. The van der Waals surface area contributed by atoms with E-state index >= 15 is 0 Å². The summed E-state index contributed by atoms with van der Waals surface area (Å²) in [4.78, 5) is 4.57. The number of hydrogen-bond donors (Lipinski definition) is 0. The first kappa shape index (κ1) is 10.7. The van der Waals surface area contributed by atoms with Crippen molar-refractivity contribution in [2.45, 2.75) is 13.8 Å². The Bertz CT molecular complexity index is 518. The Morgan fingerprint density at radius 1 is 1.19 bits per heavy atom. The number of nitrogens with zero attached hydrogens (tertiary/aromatic N) is 2. The van der Waals surface area contributed by atoms with Gasteiger partial charge in [0.1, 0.15) is 5.82 Å². The first-order valence-electron chi connectivity index (χ1n) is 5.36. The molecule has 0 amide bonds. The minimum absolute atomic E-state index is 1.02. The third-order valence-electron chi connectivity index (χ3n) is 3.02. The van der Waals surface area contributed by atoms with Gasteiger partial charge in [-0.25, -0.2) is 4.98 Å². The molecule has 1 heterocycles. The molecule has 0 unspecified atom stereocenters. The summed E-state index contributed by atoms with van der Waals surface area (Å²) >= 11 is 0. The van der Waals surface area contributed by atoms with E-state index in [0.29, 0.717) is 0 Å². The molecule has 0 saturated carbocycles. The van der Waals surface area contributed by atoms with Gasteiger partial charge in [0.25, 0.3) is 0 Å². The van der Waals surface area contributed by atoms with Gasteiger partial charge in [-0.15, -0.1) is 0 Å². The van der Waals surface area contributed by atoms with Gasteiger partial charge in [-0.3, -0.25) is 0 Å². The summed E-state index contributed by atoms with van der Waals surface area (Å²) < 4.78 is 2.12. The van der Waals surface area contributed by atoms with E-state index in [-0.39, 0.29) is 0 Å². The zero-order valence-electron chi connectivity index (χ0n) is 9.99. The maximum atomic E-state index is 4.57. The summed E-state index contributed by atoms with van der Waals surface area (Å²) in [7, 11) is 2.05. The van der Waals surface area contributed by atoms with Crippen LogP contribution in [0.25, 0.3) is 17.5 Å². The van der Waals surface area contributed by atoms with Crippen LogP contribution in [-0.4, -0.2) is 9.55 Å². The van der Waals surface area contributed by atoms with E-state index in [9.17, 15) is 0 Å². The fourth-order valence-corrected chi connectivity index (χ4v) is 1.74. The second-order valence-electron chi connectivity index (χ2n) is 3.99. The number of aromatic nitrogens is 2. The van der Waals surface area contributed by atoms with Crippen molar-refractivity contribution in [2.75, 3.05) is 0 Å². The highest BCUT2D eigenvalue weighted by atomic mass is 15.1. The third kappa shape index (κ3) is 1.67. The molecule has 0 radical (unpaired) electrons. The topological polar surface area (TPSA) is 17.8 Å². The van der Waals surface area contributed by atoms with Gasteiger partial charge in [0, 0.05) is 18.3 Å². The molecule has 16 heavy (non-hydrogen) atoms. The van der Waals surface area contributed by atoms with E-state index in [1.54, 1.807) is 0 Å². The molecule has 0 N–H and O–H groups in total. The van der Waals surface area contributed by atoms with Gasteiger partial charge in [0.15, 0.2) is 0 Å². The van der Waals surface area contributed by atoms with E-state index in [1.807, 2.05) is 20.0 Å². The second kappa shape index (κ2) is 3.97. The van der Waals surface area contributed by atoms with Crippen LogP contribution in [0.4, 0.5) is 0 Å². The molecular weight excluding hydrogens is 196 g/mol. The van der Waals surface area contributed by atoms with E-state index in [0.717, 1.165) is 22.6 Å². The van der Waals surface area contributed by atoms with E-state index < -0.39 is 0 Å². The summed E-state index contributed by atoms with van der Waals surface area (Å²) in [5, 5.41) is 0. The zero-order valence-corrected chi connectivity index (χ0v) is 9.99. The lowest BCUT2D eigenvalue weighted by molar-refractivity contribution is 0.881. The molecule has 2 aromatic rings. The Morgan fingerprint density at radius 2 is 1.81 bits per heavy atom. The average Bonchev–Trinajstić information content (AvgIpc) is 2.57. The number of rotatable bonds is 2. The van der Waals surface area contributed by atoms with E-state index in [2.05, 4.69) is 47.3 Å². The minimum atomic E-state index is 1.02. The van der Waals surface area contributed by atoms with E-state index in [4.69, 9.17) is 0 Å². The molecule has 2 rings (SSSR count). The SMILES string of the molecule is C=Cc1ccc(-c2nc(C)c(C)n2C)cc1. The molecule has 0 spiro atoms. The fourth-order valence-electron chi connectivity index (χ4n) is 1.74. The van der Waals surface area contributed by atoms with Crippen molar-refractivity contribution in [1.82, 2.24) is 9.55 Å². The zero-order chi connectivity index (χ0) is 11.7. The Hall–Kier alpha value is -1.83. The summed E-state index contributed by atoms with van der Waals surface area (Å²) in [5.74, 6) is 1.02. The van der Waals surface area contributed by atoms with Gasteiger partial charge >= 0.3 is 0 Å². The highest BCUT2D eigenvalue weighted by molar-refractivity contribution is 5.60. The van der Waals surface area contributed by atoms with Crippen LogP contribution in [0.5, 0.6) is 0 Å². The largest absolute Gasteiger partial charge is 0.331 e. The van der Waals surface area contributed by atoms with Crippen LogP contribution < -0.4 is 0 Å². The molecule has 0 fully saturated rings. The smallest absolute Gasteiger partial charge is 0.140 e. The lowest BCUT2D eigenvalue weighted by atomic mass is 10.1. The van der Waals surface area contributed by atoms with Gasteiger partial charge < -0.3 is 4.57 Å². The maximum Gasteiger partial charge on any atom is 0.140 e. The van der Waals surface area contributed by atoms with Crippen molar-refractivity contribution >= 4 is 6.08 Å². The predicted octanol–water partition coefficient (Wildman–Crippen LogP) is 3.35. The van der Waals surface area contributed by atoms with Crippen LogP contribution in [0.15, 0.2) is 30.8 Å². The van der Waals surface area contributed by atoms with Crippen LogP contribution in [0.3, 0.4) is 0 Å². The molecule has 1 aromatic carbocycles. The first-order chi connectivity index (χ1) is 7.63. The van der Waals surface area contributed by atoms with Crippen LogP contribution in [0, 0.1) is 13.8 Å². The summed E-state index contributed by atoms with van der Waals surface area (Å²) in [6.45, 7) is 7.87. The molecule has 0 aliphatic rings. The molecule has 1 aromatic heterocycles. The third-order valence-corrected chi connectivity index (χ3v) is 3.02. The van der Waals surface area contributed by atoms with Gasteiger partial charge in [0.2, 0.25) is 0 Å². The van der Waals surface area contributed by atoms with Crippen LogP contribution >= 0.6 is 0 Å². The predicted molar refractivity (Wildman–Crippen MR) is 68.2 cm³/mol. The van der Waals surface area contributed by atoms with Gasteiger partial charge in [-0.2, -0.15) is 0 Å². The Labute approximate surface area is 96.3 Å². The normalized spacial score (nSPS) is 10.4. The molecule has 2 heteroatoms. The lowest BCUT2D eigenvalue weighted by Gasteiger charge is -2.03. The van der Waals surface area contributed by atoms with Crippen molar-refractivity contribution in [1.29, 1.82) is 0 Å². The Kier molecular flexibility index (Phi) is 2.65. The Balaban J connectivity index is 2.50. The Morgan fingerprint density at radius 3 is 2.25 bits per heavy atom. The van der Waals surface area contributed by atoms with E-state index in [1.165, 1.54) is 5.69 Å². The fraction of sp³-hybridized carbons (Fsp3) is 0.214. The first-order valence-corrected chi connectivity index (χ1v) is 5.36. The molecule has 0 bridgehead atoms. The van der Waals surface area contributed by atoms with Crippen LogP contribution in [0.1, 0.15) is 17.0 Å².